The zero-order valence-electron chi connectivity index (χ0n) is 17.4. The Hall–Kier alpha value is -4.08. The number of hydrogen-bond donors (Lipinski definition) is 1. The first-order valence-corrected chi connectivity index (χ1v) is 10.4. The topological polar surface area (TPSA) is 103 Å². The number of hydrogen-bond acceptors (Lipinski definition) is 7. The van der Waals surface area contributed by atoms with Crippen LogP contribution >= 0.6 is 0 Å². The molecule has 0 bridgehead atoms. The molecule has 6 rings (SSSR count). The van der Waals surface area contributed by atoms with Crippen LogP contribution in [-0.2, 0) is 6.42 Å². The number of pyridine rings is 2. The fourth-order valence-corrected chi connectivity index (χ4v) is 4.03. The molecule has 1 saturated heterocycles. The van der Waals surface area contributed by atoms with E-state index in [1.165, 1.54) is 10.6 Å². The molecule has 10 heteroatoms. The zero-order valence-corrected chi connectivity index (χ0v) is 17.4. The van der Waals surface area contributed by atoms with E-state index in [9.17, 15) is 4.39 Å². The maximum absolute atomic E-state index is 14.2. The van der Waals surface area contributed by atoms with Crippen molar-refractivity contribution >= 4 is 23.1 Å². The Bertz CT molecular complexity index is 1480. The van der Waals surface area contributed by atoms with Crippen molar-refractivity contribution in [1.29, 1.82) is 0 Å². The predicted molar refractivity (Wildman–Crippen MR) is 118 cm³/mol. The monoisotopic (exact) mass is 429 g/mol. The van der Waals surface area contributed by atoms with Crippen molar-refractivity contribution in [2.75, 3.05) is 23.7 Å². The molecule has 5 aromatic rings. The number of anilines is 2. The highest BCUT2D eigenvalue weighted by molar-refractivity contribution is 5.88. The molecular weight excluding hydrogens is 409 g/mol. The molecule has 1 fully saturated rings. The molecule has 32 heavy (non-hydrogen) atoms. The summed E-state index contributed by atoms with van der Waals surface area (Å²) in [4.78, 5) is 20.2. The second-order valence-electron chi connectivity index (χ2n) is 7.93. The Balaban J connectivity index is 1.57. The van der Waals surface area contributed by atoms with Gasteiger partial charge in [-0.2, -0.15) is 9.50 Å². The molecule has 0 unspecified atom stereocenters. The van der Waals surface area contributed by atoms with Gasteiger partial charge in [0.05, 0.1) is 17.7 Å². The van der Waals surface area contributed by atoms with E-state index in [1.54, 1.807) is 12.3 Å². The number of aryl methyl sites for hydroxylation is 1. The number of nitrogen functional groups attached to an aromatic ring is 1. The van der Waals surface area contributed by atoms with Crippen LogP contribution in [0, 0.1) is 12.7 Å². The minimum Gasteiger partial charge on any atom is -0.368 e. The molecule has 2 N–H and O–H groups in total. The molecule has 160 valence electrons. The minimum atomic E-state index is -0.389. The number of aromatic nitrogens is 7. The van der Waals surface area contributed by atoms with Gasteiger partial charge in [0.1, 0.15) is 17.3 Å². The molecule has 1 aliphatic heterocycles. The van der Waals surface area contributed by atoms with Gasteiger partial charge >= 0.3 is 0 Å². The van der Waals surface area contributed by atoms with Gasteiger partial charge in [-0.15, -0.1) is 5.10 Å². The minimum absolute atomic E-state index is 0.159. The lowest BCUT2D eigenvalue weighted by Crippen LogP contribution is -2.38. The van der Waals surface area contributed by atoms with Gasteiger partial charge in [0, 0.05) is 42.9 Å². The number of nitrogens with zero attached hydrogens (tertiary/aromatic N) is 8. The van der Waals surface area contributed by atoms with Crippen LogP contribution in [0.15, 0.2) is 42.9 Å². The second-order valence-corrected chi connectivity index (χ2v) is 7.93. The van der Waals surface area contributed by atoms with Crippen LogP contribution in [0.1, 0.15) is 23.6 Å². The summed E-state index contributed by atoms with van der Waals surface area (Å²) in [6, 6.07) is 6.91. The van der Waals surface area contributed by atoms with Crippen molar-refractivity contribution in [3.05, 3.63) is 65.9 Å². The molecule has 0 amide bonds. The fourth-order valence-electron chi connectivity index (χ4n) is 4.03. The number of rotatable bonds is 4. The number of nitrogens with two attached hydrogens (primary N) is 1. The quantitative estimate of drug-likeness (QED) is 0.468. The van der Waals surface area contributed by atoms with Gasteiger partial charge in [-0.3, -0.25) is 4.98 Å². The van der Waals surface area contributed by atoms with Crippen LogP contribution in [0.3, 0.4) is 0 Å². The standard InChI is InChI=1S/C22H20FN9/c1-13-11-26-18-6-5-14(12-31(13)18)19-20(30-8-3-9-30)28-22(24)32-21(19)27-17(29-32)10-16-15(23)4-2-7-25-16/h2,4-7,11-12H,3,8-10H2,1H3,(H2,24,28). The first-order valence-electron chi connectivity index (χ1n) is 10.4. The molecule has 5 aromatic heterocycles. The number of fused-ring (bicyclic) bond motifs is 2. The Morgan fingerprint density at radius 2 is 2.00 bits per heavy atom. The van der Waals surface area contributed by atoms with Crippen LogP contribution in [-0.4, -0.2) is 47.0 Å². The van der Waals surface area contributed by atoms with Crippen molar-refractivity contribution in [2.24, 2.45) is 0 Å². The normalized spacial score (nSPS) is 13.8. The lowest BCUT2D eigenvalue weighted by molar-refractivity contribution is 0.601. The largest absolute Gasteiger partial charge is 0.368 e. The van der Waals surface area contributed by atoms with Crippen molar-refractivity contribution in [3.63, 3.8) is 0 Å². The Labute approximate surface area is 182 Å². The molecule has 0 atom stereocenters. The van der Waals surface area contributed by atoms with E-state index in [-0.39, 0.29) is 23.9 Å². The van der Waals surface area contributed by atoms with E-state index < -0.39 is 0 Å². The zero-order chi connectivity index (χ0) is 21.8. The molecule has 6 heterocycles. The summed E-state index contributed by atoms with van der Waals surface area (Å²) < 4.78 is 17.7. The maximum atomic E-state index is 14.2. The van der Waals surface area contributed by atoms with E-state index in [0.29, 0.717) is 11.5 Å². The summed E-state index contributed by atoms with van der Waals surface area (Å²) in [5.41, 5.74) is 10.8. The predicted octanol–water partition coefficient (Wildman–Crippen LogP) is 2.66. The Morgan fingerprint density at radius 1 is 1.12 bits per heavy atom. The van der Waals surface area contributed by atoms with E-state index in [2.05, 4.69) is 25.0 Å². The third-order valence-corrected chi connectivity index (χ3v) is 5.83. The molecule has 0 spiro atoms. The van der Waals surface area contributed by atoms with Crippen molar-refractivity contribution in [1.82, 2.24) is 34.0 Å². The van der Waals surface area contributed by atoms with Gasteiger partial charge in [0.2, 0.25) is 5.95 Å². The molecule has 9 nitrogen and oxygen atoms in total. The lowest BCUT2D eigenvalue weighted by atomic mass is 10.1. The van der Waals surface area contributed by atoms with Gasteiger partial charge < -0.3 is 15.0 Å². The first kappa shape index (κ1) is 18.7. The van der Waals surface area contributed by atoms with Gasteiger partial charge in [-0.05, 0) is 37.6 Å². The third-order valence-electron chi connectivity index (χ3n) is 5.83. The van der Waals surface area contributed by atoms with Gasteiger partial charge in [-0.25, -0.2) is 14.4 Å². The van der Waals surface area contributed by atoms with Gasteiger partial charge in [0.25, 0.3) is 0 Å². The average Bonchev–Trinajstić information content (AvgIpc) is 3.33. The first-order chi connectivity index (χ1) is 15.6. The van der Waals surface area contributed by atoms with Crippen molar-refractivity contribution in [3.8, 4) is 11.1 Å². The summed E-state index contributed by atoms with van der Waals surface area (Å²) in [6.45, 7) is 3.82. The van der Waals surface area contributed by atoms with Crippen LogP contribution in [0.4, 0.5) is 16.2 Å². The van der Waals surface area contributed by atoms with Gasteiger partial charge in [0.15, 0.2) is 11.5 Å². The lowest BCUT2D eigenvalue weighted by Gasteiger charge is -2.33. The van der Waals surface area contributed by atoms with Gasteiger partial charge in [-0.1, -0.05) is 0 Å². The number of halogens is 1. The van der Waals surface area contributed by atoms with E-state index >= 15 is 0 Å². The number of imidazole rings is 1. The molecule has 0 aliphatic carbocycles. The van der Waals surface area contributed by atoms with Crippen LogP contribution in [0.5, 0.6) is 0 Å². The summed E-state index contributed by atoms with van der Waals surface area (Å²) in [6.07, 6.45) is 6.68. The molecule has 0 radical (unpaired) electrons. The second kappa shape index (κ2) is 6.98. The van der Waals surface area contributed by atoms with E-state index in [0.717, 1.165) is 47.8 Å². The van der Waals surface area contributed by atoms with Crippen LogP contribution in [0.25, 0.3) is 22.4 Å². The Kier molecular flexibility index (Phi) is 4.07. The highest BCUT2D eigenvalue weighted by Gasteiger charge is 2.26. The summed E-state index contributed by atoms with van der Waals surface area (Å²) in [5, 5.41) is 4.52. The van der Waals surface area contributed by atoms with Crippen molar-refractivity contribution < 1.29 is 4.39 Å². The Morgan fingerprint density at radius 3 is 2.78 bits per heavy atom. The highest BCUT2D eigenvalue weighted by atomic mass is 19.1. The summed E-state index contributed by atoms with van der Waals surface area (Å²) >= 11 is 0. The SMILES string of the molecule is Cc1cnc2ccc(-c3c(N4CCC4)nc(N)n4nc(Cc5ncccc5F)nc34)cn12. The fraction of sp³-hybridized carbons (Fsp3) is 0.227. The molecule has 0 aromatic carbocycles. The van der Waals surface area contributed by atoms with Crippen LogP contribution < -0.4 is 10.6 Å². The summed E-state index contributed by atoms with van der Waals surface area (Å²) in [5.74, 6) is 1.06. The maximum Gasteiger partial charge on any atom is 0.225 e. The molecule has 0 saturated carbocycles. The third kappa shape index (κ3) is 2.87. The molecule has 1 aliphatic rings. The smallest absolute Gasteiger partial charge is 0.225 e. The molecular formula is C22H20FN9. The van der Waals surface area contributed by atoms with E-state index in [1.807, 2.05) is 35.9 Å². The summed E-state index contributed by atoms with van der Waals surface area (Å²) in [7, 11) is 0. The van der Waals surface area contributed by atoms with Crippen molar-refractivity contribution in [2.45, 2.75) is 19.8 Å². The van der Waals surface area contributed by atoms with Crippen LogP contribution in [0.2, 0.25) is 0 Å². The highest BCUT2D eigenvalue weighted by Crippen LogP contribution is 2.36. The average molecular weight is 429 g/mol. The van der Waals surface area contributed by atoms with E-state index in [4.69, 9.17) is 10.7 Å².